The molecule has 1 amide bonds. The number of hydrogen-bond donors (Lipinski definition) is 3. The molecule has 2 rings (SSSR count). The first kappa shape index (κ1) is 21.0. The number of nitrogens with one attached hydrogen (secondary N) is 3. The molecule has 1 aromatic heterocycles. The topological polar surface area (TPSA) is 65.5 Å². The van der Waals surface area contributed by atoms with E-state index in [2.05, 4.69) is 51.6 Å². The van der Waals surface area contributed by atoms with Gasteiger partial charge in [-0.1, -0.05) is 26.0 Å². The van der Waals surface area contributed by atoms with Crippen molar-refractivity contribution in [3.63, 3.8) is 0 Å². The minimum Gasteiger partial charge on any atom is -0.357 e. The van der Waals surface area contributed by atoms with Gasteiger partial charge in [0.05, 0.1) is 6.54 Å². The van der Waals surface area contributed by atoms with E-state index in [-0.39, 0.29) is 5.91 Å². The number of carbonyl (C=O) groups is 1. The Bertz CT molecular complexity index is 710. The number of guanidine groups is 1. The SMILES string of the molecule is CCCC(=O)Nc1ccc(CN=C(NCC)NCC(C)c2ccsc2)cc1. The molecule has 0 aliphatic heterocycles. The van der Waals surface area contributed by atoms with Gasteiger partial charge in [0.15, 0.2) is 5.96 Å². The van der Waals surface area contributed by atoms with Gasteiger partial charge in [0.25, 0.3) is 0 Å². The first-order valence-corrected chi connectivity index (χ1v) is 10.5. The fourth-order valence-electron chi connectivity index (χ4n) is 2.58. The number of carbonyl (C=O) groups excluding carboxylic acids is 1. The molecule has 6 heteroatoms. The predicted molar refractivity (Wildman–Crippen MR) is 116 cm³/mol. The van der Waals surface area contributed by atoms with E-state index in [1.54, 1.807) is 11.3 Å². The van der Waals surface area contributed by atoms with Crippen LogP contribution >= 0.6 is 11.3 Å². The Morgan fingerprint density at radius 3 is 2.56 bits per heavy atom. The van der Waals surface area contributed by atoms with Gasteiger partial charge in [-0.3, -0.25) is 4.79 Å². The van der Waals surface area contributed by atoms with Crippen LogP contribution in [0.3, 0.4) is 0 Å². The van der Waals surface area contributed by atoms with Crippen molar-refractivity contribution in [3.05, 3.63) is 52.2 Å². The summed E-state index contributed by atoms with van der Waals surface area (Å²) in [4.78, 5) is 16.3. The number of hydrogen-bond acceptors (Lipinski definition) is 3. The van der Waals surface area contributed by atoms with Gasteiger partial charge in [-0.25, -0.2) is 4.99 Å². The molecule has 0 fully saturated rings. The van der Waals surface area contributed by atoms with Gasteiger partial charge < -0.3 is 16.0 Å². The Hall–Kier alpha value is -2.34. The predicted octanol–water partition coefficient (Wildman–Crippen LogP) is 4.35. The normalized spacial score (nSPS) is 12.5. The van der Waals surface area contributed by atoms with Crippen molar-refractivity contribution >= 4 is 28.9 Å². The van der Waals surface area contributed by atoms with Crippen LogP contribution in [0.1, 0.15) is 50.7 Å². The van der Waals surface area contributed by atoms with E-state index in [1.807, 2.05) is 31.2 Å². The quantitative estimate of drug-likeness (QED) is 0.443. The van der Waals surface area contributed by atoms with Gasteiger partial charge in [0, 0.05) is 25.2 Å². The van der Waals surface area contributed by atoms with Crippen molar-refractivity contribution in [3.8, 4) is 0 Å². The summed E-state index contributed by atoms with van der Waals surface area (Å²) in [5.41, 5.74) is 3.28. The monoisotopic (exact) mass is 386 g/mol. The first-order valence-electron chi connectivity index (χ1n) is 9.55. The van der Waals surface area contributed by atoms with Gasteiger partial charge in [-0.2, -0.15) is 11.3 Å². The van der Waals surface area contributed by atoms with E-state index in [1.165, 1.54) is 5.56 Å². The lowest BCUT2D eigenvalue weighted by molar-refractivity contribution is -0.116. The molecule has 5 nitrogen and oxygen atoms in total. The molecule has 0 saturated carbocycles. The summed E-state index contributed by atoms with van der Waals surface area (Å²) in [6.45, 7) is 8.52. The summed E-state index contributed by atoms with van der Waals surface area (Å²) in [6, 6.07) is 10.0. The number of amides is 1. The second-order valence-electron chi connectivity index (χ2n) is 6.53. The Morgan fingerprint density at radius 2 is 1.93 bits per heavy atom. The van der Waals surface area contributed by atoms with Gasteiger partial charge in [-0.15, -0.1) is 0 Å². The summed E-state index contributed by atoms with van der Waals surface area (Å²) in [5, 5.41) is 13.9. The highest BCUT2D eigenvalue weighted by atomic mass is 32.1. The zero-order chi connectivity index (χ0) is 19.5. The highest BCUT2D eigenvalue weighted by molar-refractivity contribution is 7.07. The molecule has 1 atom stereocenters. The van der Waals surface area contributed by atoms with Gasteiger partial charge >= 0.3 is 0 Å². The molecule has 0 aliphatic rings. The summed E-state index contributed by atoms with van der Waals surface area (Å²) < 4.78 is 0. The number of rotatable bonds is 9. The number of nitrogens with zero attached hydrogens (tertiary/aromatic N) is 1. The van der Waals surface area contributed by atoms with E-state index in [0.29, 0.717) is 18.9 Å². The van der Waals surface area contributed by atoms with Crippen molar-refractivity contribution in [2.24, 2.45) is 4.99 Å². The Morgan fingerprint density at radius 1 is 1.15 bits per heavy atom. The second-order valence-corrected chi connectivity index (χ2v) is 7.31. The Labute approximate surface area is 166 Å². The van der Waals surface area contributed by atoms with Gasteiger partial charge in [0.1, 0.15) is 0 Å². The van der Waals surface area contributed by atoms with Crippen LogP contribution < -0.4 is 16.0 Å². The lowest BCUT2D eigenvalue weighted by Crippen LogP contribution is -2.39. The van der Waals surface area contributed by atoms with Crippen molar-refractivity contribution in [2.75, 3.05) is 18.4 Å². The maximum Gasteiger partial charge on any atom is 0.224 e. The molecule has 0 aliphatic carbocycles. The summed E-state index contributed by atoms with van der Waals surface area (Å²) >= 11 is 1.73. The molecular weight excluding hydrogens is 356 g/mol. The zero-order valence-electron chi connectivity index (χ0n) is 16.4. The molecular formula is C21H30N4OS. The fraction of sp³-hybridized carbons (Fsp3) is 0.429. The number of benzene rings is 1. The average molecular weight is 387 g/mol. The highest BCUT2D eigenvalue weighted by Crippen LogP contribution is 2.17. The Balaban J connectivity index is 1.88. The van der Waals surface area contributed by atoms with Gasteiger partial charge in [-0.05, 0) is 59.3 Å². The van der Waals surface area contributed by atoms with E-state index >= 15 is 0 Å². The molecule has 27 heavy (non-hydrogen) atoms. The first-order chi connectivity index (χ1) is 13.1. The molecule has 1 aromatic carbocycles. The molecule has 0 bridgehead atoms. The number of aliphatic imine (C=N–C) groups is 1. The van der Waals surface area contributed by atoms with Crippen molar-refractivity contribution in [1.29, 1.82) is 0 Å². The number of anilines is 1. The smallest absolute Gasteiger partial charge is 0.224 e. The zero-order valence-corrected chi connectivity index (χ0v) is 17.2. The third-order valence-electron chi connectivity index (χ3n) is 4.17. The molecule has 146 valence electrons. The van der Waals surface area contributed by atoms with Crippen LogP contribution in [0.2, 0.25) is 0 Å². The highest BCUT2D eigenvalue weighted by Gasteiger charge is 2.07. The molecule has 2 aromatic rings. The van der Waals surface area contributed by atoms with Crippen LogP contribution in [0, 0.1) is 0 Å². The molecule has 1 heterocycles. The second kappa shape index (κ2) is 11.4. The molecule has 1 unspecified atom stereocenters. The van der Waals surface area contributed by atoms with Crippen molar-refractivity contribution in [1.82, 2.24) is 10.6 Å². The van der Waals surface area contributed by atoms with Crippen LogP contribution in [0.5, 0.6) is 0 Å². The largest absolute Gasteiger partial charge is 0.357 e. The lowest BCUT2D eigenvalue weighted by atomic mass is 10.1. The van der Waals surface area contributed by atoms with E-state index in [0.717, 1.165) is 36.7 Å². The fourth-order valence-corrected chi connectivity index (χ4v) is 3.36. The lowest BCUT2D eigenvalue weighted by Gasteiger charge is -2.15. The third-order valence-corrected chi connectivity index (χ3v) is 4.87. The molecule has 3 N–H and O–H groups in total. The summed E-state index contributed by atoms with van der Waals surface area (Å²) in [6.07, 6.45) is 1.40. The van der Waals surface area contributed by atoms with Crippen molar-refractivity contribution in [2.45, 2.75) is 46.1 Å². The van der Waals surface area contributed by atoms with Crippen LogP contribution in [0.4, 0.5) is 5.69 Å². The third kappa shape index (κ3) is 7.43. The minimum atomic E-state index is 0.0571. The van der Waals surface area contributed by atoms with Crippen LogP contribution in [-0.4, -0.2) is 25.0 Å². The standard InChI is InChI=1S/C21H30N4OS/c1-4-6-20(26)25-19-9-7-17(8-10-19)14-24-21(22-5-2)23-13-16(3)18-11-12-27-15-18/h7-12,15-16H,4-6,13-14H2,1-3H3,(H,25,26)(H2,22,23,24). The van der Waals surface area contributed by atoms with E-state index < -0.39 is 0 Å². The van der Waals surface area contributed by atoms with Crippen LogP contribution in [0.25, 0.3) is 0 Å². The van der Waals surface area contributed by atoms with E-state index in [4.69, 9.17) is 0 Å². The van der Waals surface area contributed by atoms with Crippen LogP contribution in [-0.2, 0) is 11.3 Å². The molecule has 0 spiro atoms. The summed E-state index contributed by atoms with van der Waals surface area (Å²) in [5.74, 6) is 1.31. The minimum absolute atomic E-state index is 0.0571. The average Bonchev–Trinajstić information content (AvgIpc) is 3.20. The summed E-state index contributed by atoms with van der Waals surface area (Å²) in [7, 11) is 0. The Kier molecular flexibility index (Phi) is 8.84. The maximum atomic E-state index is 11.6. The maximum absolute atomic E-state index is 11.6. The molecule has 0 radical (unpaired) electrons. The van der Waals surface area contributed by atoms with E-state index in [9.17, 15) is 4.79 Å². The van der Waals surface area contributed by atoms with Gasteiger partial charge in [0.2, 0.25) is 5.91 Å². The number of thiophene rings is 1. The van der Waals surface area contributed by atoms with Crippen molar-refractivity contribution < 1.29 is 4.79 Å². The van der Waals surface area contributed by atoms with Crippen LogP contribution in [0.15, 0.2) is 46.1 Å². The molecule has 0 saturated heterocycles.